The van der Waals surface area contributed by atoms with Crippen LogP contribution in [0.15, 0.2) is 42.5 Å². The Morgan fingerprint density at radius 3 is 2.61 bits per heavy atom. The fourth-order valence-corrected chi connectivity index (χ4v) is 3.14. The maximum atomic E-state index is 12.1. The van der Waals surface area contributed by atoms with Crippen LogP contribution in [0.5, 0.6) is 0 Å². The van der Waals surface area contributed by atoms with Gasteiger partial charge in [-0.1, -0.05) is 29.8 Å². The minimum atomic E-state index is 0.207. The fraction of sp³-hybridized carbons (Fsp3) is 0.316. The smallest absolute Gasteiger partial charge is 0.226 e. The molecule has 0 saturated carbocycles. The lowest BCUT2D eigenvalue weighted by Crippen LogP contribution is -2.35. The quantitative estimate of drug-likeness (QED) is 0.815. The first-order valence-electron chi connectivity index (χ1n) is 7.87. The number of ether oxygens (including phenoxy) is 1. The summed E-state index contributed by atoms with van der Waals surface area (Å²) in [5, 5.41) is 0.720. The van der Waals surface area contributed by atoms with Crippen molar-refractivity contribution in [3.63, 3.8) is 0 Å². The Morgan fingerprint density at radius 2 is 1.91 bits per heavy atom. The van der Waals surface area contributed by atoms with Crippen LogP contribution in [0.4, 0.5) is 5.69 Å². The van der Waals surface area contributed by atoms with E-state index in [1.54, 1.807) is 7.11 Å². The molecule has 120 valence electrons. The average Bonchev–Trinajstić information content (AvgIpc) is 2.57. The Labute approximate surface area is 141 Å². The summed E-state index contributed by atoms with van der Waals surface area (Å²) in [5.74, 6) is 0.207. The zero-order chi connectivity index (χ0) is 16.2. The van der Waals surface area contributed by atoms with E-state index < -0.39 is 0 Å². The Bertz CT molecular complexity index is 697. The molecule has 1 heterocycles. The van der Waals surface area contributed by atoms with Gasteiger partial charge in [-0.3, -0.25) is 4.79 Å². The van der Waals surface area contributed by atoms with E-state index in [1.807, 2.05) is 35.2 Å². The number of hydrogen-bond donors (Lipinski definition) is 0. The number of hydrogen-bond acceptors (Lipinski definition) is 2. The monoisotopic (exact) mass is 329 g/mol. The van der Waals surface area contributed by atoms with Crippen LogP contribution in [0.2, 0.25) is 5.02 Å². The van der Waals surface area contributed by atoms with E-state index in [0.29, 0.717) is 13.0 Å². The van der Waals surface area contributed by atoms with Crippen molar-refractivity contribution in [1.82, 2.24) is 0 Å². The first-order valence-corrected chi connectivity index (χ1v) is 8.25. The molecule has 4 heteroatoms. The van der Waals surface area contributed by atoms with Gasteiger partial charge in [0.2, 0.25) is 5.91 Å². The Hall–Kier alpha value is -1.84. The number of rotatable bonds is 4. The van der Waals surface area contributed by atoms with Gasteiger partial charge in [-0.2, -0.15) is 0 Å². The summed E-state index contributed by atoms with van der Waals surface area (Å²) in [7, 11) is 1.68. The molecule has 0 spiro atoms. The Kier molecular flexibility index (Phi) is 4.99. The highest BCUT2D eigenvalue weighted by Gasteiger charge is 2.20. The second-order valence-corrected chi connectivity index (χ2v) is 6.22. The molecule has 1 saturated heterocycles. The maximum absolute atomic E-state index is 12.1. The van der Waals surface area contributed by atoms with E-state index in [1.165, 1.54) is 0 Å². The van der Waals surface area contributed by atoms with E-state index in [4.69, 9.17) is 16.3 Å². The van der Waals surface area contributed by atoms with Crippen molar-refractivity contribution in [2.45, 2.75) is 25.9 Å². The molecule has 3 rings (SSSR count). The van der Waals surface area contributed by atoms with E-state index in [-0.39, 0.29) is 5.91 Å². The molecular formula is C19H20ClNO2. The van der Waals surface area contributed by atoms with Crippen LogP contribution in [0, 0.1) is 0 Å². The number of anilines is 1. The molecule has 0 bridgehead atoms. The molecule has 1 fully saturated rings. The summed E-state index contributed by atoms with van der Waals surface area (Å²) < 4.78 is 5.35. The van der Waals surface area contributed by atoms with E-state index in [0.717, 1.165) is 46.8 Å². The van der Waals surface area contributed by atoms with Gasteiger partial charge >= 0.3 is 0 Å². The van der Waals surface area contributed by atoms with Crippen LogP contribution >= 0.6 is 11.6 Å². The lowest BCUT2D eigenvalue weighted by Gasteiger charge is -2.27. The third-order valence-electron chi connectivity index (χ3n) is 4.18. The largest absolute Gasteiger partial charge is 0.380 e. The zero-order valence-corrected chi connectivity index (χ0v) is 14.0. The molecule has 2 aromatic carbocycles. The average molecular weight is 330 g/mol. The van der Waals surface area contributed by atoms with Crippen molar-refractivity contribution in [2.24, 2.45) is 0 Å². The molecular weight excluding hydrogens is 310 g/mol. The van der Waals surface area contributed by atoms with Crippen LogP contribution in [0.3, 0.4) is 0 Å². The highest BCUT2D eigenvalue weighted by Crippen LogP contribution is 2.30. The first kappa shape index (κ1) is 16.0. The SMILES string of the molecule is COCc1cc(N2CCCCC2=O)ccc1-c1ccc(Cl)cc1. The summed E-state index contributed by atoms with van der Waals surface area (Å²) >= 11 is 5.97. The van der Waals surface area contributed by atoms with Gasteiger partial charge in [-0.25, -0.2) is 0 Å². The van der Waals surface area contributed by atoms with Gasteiger partial charge in [-0.15, -0.1) is 0 Å². The number of benzene rings is 2. The van der Waals surface area contributed by atoms with Crippen molar-refractivity contribution in [3.05, 3.63) is 53.1 Å². The number of nitrogens with zero attached hydrogens (tertiary/aromatic N) is 1. The van der Waals surface area contributed by atoms with Gasteiger partial charge in [0.15, 0.2) is 0 Å². The molecule has 0 aliphatic carbocycles. The minimum Gasteiger partial charge on any atom is -0.380 e. The standard InChI is InChI=1S/C19H20ClNO2/c1-23-13-15-12-17(21-11-3-2-4-19(21)22)9-10-18(15)14-5-7-16(20)8-6-14/h5-10,12H,2-4,11,13H2,1H3. The summed E-state index contributed by atoms with van der Waals surface area (Å²) in [6.07, 6.45) is 2.69. The van der Waals surface area contributed by atoms with Crippen LogP contribution < -0.4 is 4.90 Å². The van der Waals surface area contributed by atoms with E-state index in [2.05, 4.69) is 12.1 Å². The summed E-state index contributed by atoms with van der Waals surface area (Å²) in [6.45, 7) is 1.30. The summed E-state index contributed by atoms with van der Waals surface area (Å²) in [4.78, 5) is 14.0. The highest BCUT2D eigenvalue weighted by molar-refractivity contribution is 6.30. The molecule has 0 radical (unpaired) electrons. The topological polar surface area (TPSA) is 29.5 Å². The highest BCUT2D eigenvalue weighted by atomic mass is 35.5. The molecule has 3 nitrogen and oxygen atoms in total. The predicted octanol–water partition coefficient (Wildman–Crippen LogP) is 4.67. The molecule has 23 heavy (non-hydrogen) atoms. The molecule has 0 aromatic heterocycles. The number of piperidine rings is 1. The zero-order valence-electron chi connectivity index (χ0n) is 13.2. The lowest BCUT2D eigenvalue weighted by atomic mass is 9.98. The summed E-state index contributed by atoms with van der Waals surface area (Å²) in [6, 6.07) is 13.9. The number of carbonyl (C=O) groups is 1. The van der Waals surface area contributed by atoms with Crippen molar-refractivity contribution in [2.75, 3.05) is 18.6 Å². The summed E-state index contributed by atoms with van der Waals surface area (Å²) in [5.41, 5.74) is 4.24. The Balaban J connectivity index is 1.98. The molecule has 1 aliphatic rings. The van der Waals surface area contributed by atoms with Gasteiger partial charge in [0.1, 0.15) is 0 Å². The van der Waals surface area contributed by atoms with Gasteiger partial charge in [-0.05, 0) is 53.8 Å². The molecule has 0 unspecified atom stereocenters. The van der Waals surface area contributed by atoms with Gasteiger partial charge < -0.3 is 9.64 Å². The van der Waals surface area contributed by atoms with Crippen LogP contribution in [-0.2, 0) is 16.1 Å². The Morgan fingerprint density at radius 1 is 1.13 bits per heavy atom. The number of halogens is 1. The number of amides is 1. The van der Waals surface area contributed by atoms with Crippen LogP contribution in [-0.4, -0.2) is 19.6 Å². The van der Waals surface area contributed by atoms with Gasteiger partial charge in [0, 0.05) is 30.8 Å². The van der Waals surface area contributed by atoms with Gasteiger partial charge in [0.05, 0.1) is 6.61 Å². The van der Waals surface area contributed by atoms with Crippen molar-refractivity contribution in [1.29, 1.82) is 0 Å². The van der Waals surface area contributed by atoms with Crippen molar-refractivity contribution < 1.29 is 9.53 Å². The third kappa shape index (κ3) is 3.57. The second-order valence-electron chi connectivity index (χ2n) is 5.78. The minimum absolute atomic E-state index is 0.207. The molecule has 1 amide bonds. The third-order valence-corrected chi connectivity index (χ3v) is 4.43. The van der Waals surface area contributed by atoms with Crippen LogP contribution in [0.1, 0.15) is 24.8 Å². The van der Waals surface area contributed by atoms with Crippen molar-refractivity contribution >= 4 is 23.2 Å². The lowest BCUT2D eigenvalue weighted by molar-refractivity contribution is -0.119. The molecule has 0 atom stereocenters. The molecule has 0 N–H and O–H groups in total. The second kappa shape index (κ2) is 7.16. The molecule has 1 aliphatic heterocycles. The maximum Gasteiger partial charge on any atom is 0.226 e. The first-order chi connectivity index (χ1) is 11.2. The molecule has 2 aromatic rings. The van der Waals surface area contributed by atoms with E-state index >= 15 is 0 Å². The predicted molar refractivity (Wildman–Crippen MR) is 93.8 cm³/mol. The van der Waals surface area contributed by atoms with Crippen molar-refractivity contribution in [3.8, 4) is 11.1 Å². The number of carbonyl (C=O) groups excluding carboxylic acids is 1. The fourth-order valence-electron chi connectivity index (χ4n) is 3.01. The van der Waals surface area contributed by atoms with Crippen LogP contribution in [0.25, 0.3) is 11.1 Å². The van der Waals surface area contributed by atoms with Gasteiger partial charge in [0.25, 0.3) is 0 Å². The number of methoxy groups -OCH3 is 1. The normalized spacial score (nSPS) is 15.0. The van der Waals surface area contributed by atoms with E-state index in [9.17, 15) is 4.79 Å².